The summed E-state index contributed by atoms with van der Waals surface area (Å²) in [4.78, 5) is 13.2. The minimum Gasteiger partial charge on any atom is -0.348 e. The highest BCUT2D eigenvalue weighted by Gasteiger charge is 2.20. The zero-order chi connectivity index (χ0) is 12.1. The van der Waals surface area contributed by atoms with Crippen LogP contribution in [0.2, 0.25) is 0 Å². The van der Waals surface area contributed by atoms with Crippen molar-refractivity contribution in [2.75, 3.05) is 14.1 Å². The molecular formula is C13H16N2O. The summed E-state index contributed by atoms with van der Waals surface area (Å²) in [5, 5.41) is 9.00. The summed E-state index contributed by atoms with van der Waals surface area (Å²) in [7, 11) is 3.34. The van der Waals surface area contributed by atoms with Crippen molar-refractivity contribution in [3.05, 3.63) is 35.4 Å². The lowest BCUT2D eigenvalue weighted by Gasteiger charge is -2.15. The van der Waals surface area contributed by atoms with Gasteiger partial charge in [0.25, 0.3) is 0 Å². The van der Waals surface area contributed by atoms with E-state index in [1.165, 1.54) is 4.90 Å². The first-order valence-corrected chi connectivity index (χ1v) is 5.21. The van der Waals surface area contributed by atoms with Crippen molar-refractivity contribution in [1.82, 2.24) is 4.90 Å². The second kappa shape index (κ2) is 5.32. The fraction of sp³-hybridized carbons (Fsp3) is 0.385. The lowest BCUT2D eigenvalue weighted by atomic mass is 9.96. The molecule has 3 nitrogen and oxygen atoms in total. The Balaban J connectivity index is 2.84. The van der Waals surface area contributed by atoms with E-state index in [0.29, 0.717) is 6.42 Å². The van der Waals surface area contributed by atoms with Gasteiger partial charge >= 0.3 is 0 Å². The Hall–Kier alpha value is -1.82. The van der Waals surface area contributed by atoms with Gasteiger partial charge in [0, 0.05) is 14.1 Å². The van der Waals surface area contributed by atoms with Crippen molar-refractivity contribution in [2.45, 2.75) is 13.3 Å². The molecular weight excluding hydrogens is 200 g/mol. The predicted molar refractivity (Wildman–Crippen MR) is 62.7 cm³/mol. The molecule has 1 amide bonds. The van der Waals surface area contributed by atoms with Crippen molar-refractivity contribution in [3.8, 4) is 6.07 Å². The number of amides is 1. The molecule has 0 fully saturated rings. The van der Waals surface area contributed by atoms with Gasteiger partial charge in [-0.25, -0.2) is 0 Å². The largest absolute Gasteiger partial charge is 0.348 e. The first-order chi connectivity index (χ1) is 7.56. The van der Waals surface area contributed by atoms with Crippen molar-refractivity contribution in [2.24, 2.45) is 5.92 Å². The van der Waals surface area contributed by atoms with Gasteiger partial charge < -0.3 is 4.90 Å². The molecule has 0 N–H and O–H groups in total. The molecule has 0 radical (unpaired) electrons. The van der Waals surface area contributed by atoms with Crippen LogP contribution in [0.4, 0.5) is 0 Å². The number of rotatable bonds is 3. The summed E-state index contributed by atoms with van der Waals surface area (Å²) in [5.74, 6) is -0.721. The summed E-state index contributed by atoms with van der Waals surface area (Å²) in [6.45, 7) is 1.99. The van der Waals surface area contributed by atoms with Gasteiger partial charge in [-0.2, -0.15) is 5.26 Å². The molecule has 84 valence electrons. The van der Waals surface area contributed by atoms with Gasteiger partial charge in [0.15, 0.2) is 0 Å². The fourth-order valence-corrected chi connectivity index (χ4v) is 1.56. The van der Waals surface area contributed by atoms with Crippen molar-refractivity contribution in [1.29, 1.82) is 5.26 Å². The second-order valence-corrected chi connectivity index (χ2v) is 4.04. The van der Waals surface area contributed by atoms with Crippen LogP contribution < -0.4 is 0 Å². The highest BCUT2D eigenvalue weighted by Crippen LogP contribution is 2.14. The molecule has 0 heterocycles. The van der Waals surface area contributed by atoms with Crippen LogP contribution >= 0.6 is 0 Å². The molecule has 0 aromatic heterocycles. The third-order valence-corrected chi connectivity index (χ3v) is 2.58. The molecule has 0 aliphatic heterocycles. The highest BCUT2D eigenvalue weighted by molar-refractivity contribution is 5.81. The highest BCUT2D eigenvalue weighted by atomic mass is 16.2. The number of nitrogens with zero attached hydrogens (tertiary/aromatic N) is 2. The fourth-order valence-electron chi connectivity index (χ4n) is 1.56. The van der Waals surface area contributed by atoms with E-state index in [-0.39, 0.29) is 5.91 Å². The number of aryl methyl sites for hydroxylation is 1. The van der Waals surface area contributed by atoms with Gasteiger partial charge in [-0.15, -0.1) is 0 Å². The van der Waals surface area contributed by atoms with Gasteiger partial charge in [-0.3, -0.25) is 4.79 Å². The van der Waals surface area contributed by atoms with Gasteiger partial charge in [0.1, 0.15) is 5.92 Å². The summed E-state index contributed by atoms with van der Waals surface area (Å²) >= 11 is 0. The Morgan fingerprint density at radius 1 is 1.44 bits per heavy atom. The quantitative estimate of drug-likeness (QED) is 0.772. The number of carbonyl (C=O) groups is 1. The Labute approximate surface area is 96.3 Å². The van der Waals surface area contributed by atoms with E-state index in [1.54, 1.807) is 14.1 Å². The molecule has 0 saturated carbocycles. The maximum Gasteiger partial charge on any atom is 0.239 e. The maximum atomic E-state index is 11.7. The molecule has 1 atom stereocenters. The number of hydrogen-bond acceptors (Lipinski definition) is 2. The first kappa shape index (κ1) is 12.3. The Bertz CT molecular complexity index is 418. The number of benzene rings is 1. The summed E-state index contributed by atoms with van der Waals surface area (Å²) in [6.07, 6.45) is 0.486. The average molecular weight is 216 g/mol. The van der Waals surface area contributed by atoms with Crippen LogP contribution in [0.1, 0.15) is 11.1 Å². The third-order valence-electron chi connectivity index (χ3n) is 2.58. The summed E-state index contributed by atoms with van der Waals surface area (Å²) in [6, 6.07) is 9.90. The molecule has 3 heteroatoms. The van der Waals surface area contributed by atoms with Gasteiger partial charge in [0.05, 0.1) is 6.07 Å². The third kappa shape index (κ3) is 2.83. The Morgan fingerprint density at radius 2 is 2.06 bits per heavy atom. The topological polar surface area (TPSA) is 44.1 Å². The standard InChI is InChI=1S/C13H16N2O/c1-10-6-4-5-7-11(10)8-12(9-14)13(16)15(2)3/h4-7,12H,8H2,1-3H3. The van der Waals surface area contributed by atoms with Crippen molar-refractivity contribution in [3.63, 3.8) is 0 Å². The zero-order valence-electron chi connectivity index (χ0n) is 9.90. The number of carbonyl (C=O) groups excluding carboxylic acids is 1. The molecule has 0 saturated heterocycles. The van der Waals surface area contributed by atoms with Gasteiger partial charge in [0.2, 0.25) is 5.91 Å². The molecule has 0 spiro atoms. The monoisotopic (exact) mass is 216 g/mol. The predicted octanol–water partition coefficient (Wildman–Crippen LogP) is 1.77. The maximum absolute atomic E-state index is 11.7. The SMILES string of the molecule is Cc1ccccc1CC(C#N)C(=O)N(C)C. The average Bonchev–Trinajstić information content (AvgIpc) is 2.27. The smallest absolute Gasteiger partial charge is 0.239 e. The summed E-state index contributed by atoms with van der Waals surface area (Å²) < 4.78 is 0. The van der Waals surface area contributed by atoms with Crippen LogP contribution in [-0.4, -0.2) is 24.9 Å². The van der Waals surface area contributed by atoms with E-state index in [0.717, 1.165) is 11.1 Å². The molecule has 16 heavy (non-hydrogen) atoms. The molecule has 0 aliphatic rings. The molecule has 0 aliphatic carbocycles. The minimum absolute atomic E-state index is 0.134. The van der Waals surface area contributed by atoms with E-state index in [2.05, 4.69) is 6.07 Å². The van der Waals surface area contributed by atoms with Crippen LogP contribution in [-0.2, 0) is 11.2 Å². The van der Waals surface area contributed by atoms with Crippen LogP contribution in [0.25, 0.3) is 0 Å². The lowest BCUT2D eigenvalue weighted by molar-refractivity contribution is -0.131. The zero-order valence-corrected chi connectivity index (χ0v) is 9.90. The molecule has 1 unspecified atom stereocenters. The number of nitriles is 1. The van der Waals surface area contributed by atoms with E-state index in [1.807, 2.05) is 31.2 Å². The molecule has 1 rings (SSSR count). The molecule has 0 bridgehead atoms. The second-order valence-electron chi connectivity index (χ2n) is 4.04. The van der Waals surface area contributed by atoms with Crippen LogP contribution in [0.15, 0.2) is 24.3 Å². The van der Waals surface area contributed by atoms with Crippen LogP contribution in [0.5, 0.6) is 0 Å². The normalized spacial score (nSPS) is 11.6. The summed E-state index contributed by atoms with van der Waals surface area (Å²) in [5.41, 5.74) is 2.18. The van der Waals surface area contributed by atoms with E-state index < -0.39 is 5.92 Å². The lowest BCUT2D eigenvalue weighted by Crippen LogP contribution is -2.30. The molecule has 1 aromatic rings. The Morgan fingerprint density at radius 3 is 2.56 bits per heavy atom. The Kier molecular flexibility index (Phi) is 4.07. The van der Waals surface area contributed by atoms with E-state index >= 15 is 0 Å². The number of hydrogen-bond donors (Lipinski definition) is 0. The van der Waals surface area contributed by atoms with E-state index in [4.69, 9.17) is 5.26 Å². The molecule has 1 aromatic carbocycles. The minimum atomic E-state index is -0.587. The van der Waals surface area contributed by atoms with Gasteiger partial charge in [-0.05, 0) is 24.5 Å². The van der Waals surface area contributed by atoms with Crippen molar-refractivity contribution >= 4 is 5.91 Å². The van der Waals surface area contributed by atoms with Crippen LogP contribution in [0, 0.1) is 24.2 Å². The first-order valence-electron chi connectivity index (χ1n) is 5.21. The van der Waals surface area contributed by atoms with Crippen molar-refractivity contribution < 1.29 is 4.79 Å². The van der Waals surface area contributed by atoms with Gasteiger partial charge in [-0.1, -0.05) is 24.3 Å². The van der Waals surface area contributed by atoms with E-state index in [9.17, 15) is 4.79 Å². The van der Waals surface area contributed by atoms with Crippen LogP contribution in [0.3, 0.4) is 0 Å².